The number of hydrogen-bond acceptors (Lipinski definition) is 9. The third-order valence-corrected chi connectivity index (χ3v) is 8.86. The number of rotatable bonds is 11. The molecule has 46 heavy (non-hydrogen) atoms. The van der Waals surface area contributed by atoms with Crippen LogP contribution in [0.4, 0.5) is 0 Å². The van der Waals surface area contributed by atoms with E-state index in [1.807, 2.05) is 25.1 Å². The van der Waals surface area contributed by atoms with Crippen molar-refractivity contribution in [3.8, 4) is 17.2 Å². The van der Waals surface area contributed by atoms with Crippen molar-refractivity contribution < 1.29 is 33.6 Å². The lowest BCUT2D eigenvalue weighted by Gasteiger charge is -2.26. The first kappa shape index (κ1) is 32.7. The summed E-state index contributed by atoms with van der Waals surface area (Å²) >= 11 is 4.84. The summed E-state index contributed by atoms with van der Waals surface area (Å²) in [4.78, 5) is 43.8. The number of hydrogen-bond donors (Lipinski definition) is 1. The Morgan fingerprint density at radius 1 is 1.02 bits per heavy atom. The molecule has 12 heteroatoms. The molecule has 1 aliphatic rings. The van der Waals surface area contributed by atoms with Crippen LogP contribution < -0.4 is 29.1 Å². The zero-order valence-corrected chi connectivity index (χ0v) is 27.9. The predicted octanol–water partition coefficient (Wildman–Crippen LogP) is 5.25. The molecule has 0 bridgehead atoms. The number of carbonyl (C=O) groups is 2. The van der Waals surface area contributed by atoms with E-state index in [9.17, 15) is 14.4 Å². The predicted molar refractivity (Wildman–Crippen MR) is 176 cm³/mol. The van der Waals surface area contributed by atoms with Gasteiger partial charge in [-0.15, -0.1) is 0 Å². The van der Waals surface area contributed by atoms with Gasteiger partial charge < -0.3 is 24.1 Å². The number of esters is 1. The van der Waals surface area contributed by atoms with Gasteiger partial charge in [-0.2, -0.15) is 0 Å². The highest BCUT2D eigenvalue weighted by Gasteiger charge is 2.35. The number of benzene rings is 3. The van der Waals surface area contributed by atoms with Crippen molar-refractivity contribution in [1.29, 1.82) is 0 Å². The van der Waals surface area contributed by atoms with Crippen LogP contribution in [0.5, 0.6) is 17.2 Å². The first-order valence-corrected chi connectivity index (χ1v) is 16.0. The van der Waals surface area contributed by atoms with Gasteiger partial charge in [0.25, 0.3) is 5.56 Å². The van der Waals surface area contributed by atoms with Crippen LogP contribution in [0.25, 0.3) is 6.08 Å². The maximum absolute atomic E-state index is 14.2. The highest BCUT2D eigenvalue weighted by molar-refractivity contribution is 9.10. The number of aromatic carboxylic acids is 1. The Labute approximate surface area is 277 Å². The molecule has 10 nitrogen and oxygen atoms in total. The van der Waals surface area contributed by atoms with E-state index in [2.05, 4.69) is 20.9 Å². The Morgan fingerprint density at radius 2 is 1.76 bits per heavy atom. The molecule has 238 valence electrons. The molecule has 0 unspecified atom stereocenters. The number of thiazole rings is 1. The van der Waals surface area contributed by atoms with Gasteiger partial charge in [0.1, 0.15) is 12.4 Å². The van der Waals surface area contributed by atoms with Crippen LogP contribution in [0.15, 0.2) is 86.2 Å². The van der Waals surface area contributed by atoms with Gasteiger partial charge >= 0.3 is 11.9 Å². The van der Waals surface area contributed by atoms with Gasteiger partial charge in [-0.05, 0) is 68.3 Å². The average Bonchev–Trinajstić information content (AvgIpc) is 3.34. The SMILES string of the molecule is CCOC(=O)C1=C(C)N=c2s/c(=C/c3ccccc3OCc3ccc(C(=O)O)cc3)c(=O)n2[C@@H]1c1cc(OC)c(OCC)cc1Br. The summed E-state index contributed by atoms with van der Waals surface area (Å²) < 4.78 is 25.4. The van der Waals surface area contributed by atoms with Crippen molar-refractivity contribution >= 4 is 45.3 Å². The molecule has 1 N–H and O–H groups in total. The van der Waals surface area contributed by atoms with Gasteiger partial charge in [-0.3, -0.25) is 9.36 Å². The molecule has 0 radical (unpaired) electrons. The molecule has 0 amide bonds. The van der Waals surface area contributed by atoms with E-state index in [1.165, 1.54) is 35.1 Å². The van der Waals surface area contributed by atoms with Crippen LogP contribution in [-0.4, -0.2) is 41.9 Å². The lowest BCUT2D eigenvalue weighted by atomic mass is 9.95. The summed E-state index contributed by atoms with van der Waals surface area (Å²) in [7, 11) is 1.53. The first-order valence-electron chi connectivity index (χ1n) is 14.4. The fraction of sp³-hybridized carbons (Fsp3) is 0.235. The van der Waals surface area contributed by atoms with Crippen molar-refractivity contribution in [1.82, 2.24) is 4.57 Å². The Kier molecular flexibility index (Phi) is 10.1. The zero-order chi connectivity index (χ0) is 33.0. The number of para-hydroxylation sites is 1. The third-order valence-electron chi connectivity index (χ3n) is 7.20. The lowest BCUT2D eigenvalue weighted by molar-refractivity contribution is -0.139. The molecule has 0 aliphatic carbocycles. The van der Waals surface area contributed by atoms with Crippen LogP contribution in [0.1, 0.15) is 53.9 Å². The first-order chi connectivity index (χ1) is 22.2. The Bertz CT molecular complexity index is 2010. The van der Waals surface area contributed by atoms with Gasteiger partial charge in [0.05, 0.1) is 47.7 Å². The normalized spacial score (nSPS) is 14.4. The van der Waals surface area contributed by atoms with E-state index in [4.69, 9.17) is 24.1 Å². The number of carboxylic acids is 1. The van der Waals surface area contributed by atoms with E-state index in [0.717, 1.165) is 5.56 Å². The fourth-order valence-electron chi connectivity index (χ4n) is 5.05. The standard InChI is InChI=1S/C34H31BrN2O8S/c1-5-43-27-17-24(35)23(16-26(27)42-4)30-29(33(41)44-6-2)19(3)36-34-37(30)31(38)28(46-34)15-22-9-7-8-10-25(22)45-18-20-11-13-21(14-12-20)32(39)40/h7-17,30H,5-6,18H2,1-4H3,(H,39,40)/b28-15+/t30-/m1/s1. The minimum absolute atomic E-state index is 0.154. The summed E-state index contributed by atoms with van der Waals surface area (Å²) in [5.74, 6) is -0.0721. The third kappa shape index (κ3) is 6.63. The second kappa shape index (κ2) is 14.2. The van der Waals surface area contributed by atoms with E-state index in [0.29, 0.717) is 54.5 Å². The van der Waals surface area contributed by atoms with Crippen molar-refractivity contribution in [3.63, 3.8) is 0 Å². The molecule has 0 fully saturated rings. The maximum atomic E-state index is 14.2. The number of carboxylic acid groups (broad SMARTS) is 1. The van der Waals surface area contributed by atoms with Gasteiger partial charge in [-0.25, -0.2) is 14.6 Å². The van der Waals surface area contributed by atoms with Gasteiger partial charge in [0.2, 0.25) is 0 Å². The number of halogens is 1. The van der Waals surface area contributed by atoms with Crippen LogP contribution in [0, 0.1) is 0 Å². The molecule has 2 heterocycles. The monoisotopic (exact) mass is 706 g/mol. The van der Waals surface area contributed by atoms with Gasteiger partial charge in [0.15, 0.2) is 16.3 Å². The van der Waals surface area contributed by atoms with Crippen LogP contribution in [-0.2, 0) is 16.1 Å². The zero-order valence-electron chi connectivity index (χ0n) is 25.5. The van der Waals surface area contributed by atoms with Crippen LogP contribution in [0.3, 0.4) is 0 Å². The molecule has 1 aliphatic heterocycles. The number of nitrogens with zero attached hydrogens (tertiary/aromatic N) is 2. The number of carbonyl (C=O) groups excluding carboxylic acids is 1. The molecular weight excluding hydrogens is 676 g/mol. The molecule has 1 aromatic heterocycles. The summed E-state index contributed by atoms with van der Waals surface area (Å²) in [5, 5.41) is 9.17. The summed E-state index contributed by atoms with van der Waals surface area (Å²) in [6.45, 7) is 6.09. The Hall–Kier alpha value is -4.68. The average molecular weight is 708 g/mol. The fourth-order valence-corrected chi connectivity index (χ4v) is 6.63. The highest BCUT2D eigenvalue weighted by atomic mass is 79.9. The molecule has 0 saturated heterocycles. The topological polar surface area (TPSA) is 126 Å². The van der Waals surface area contributed by atoms with Gasteiger partial charge in [-0.1, -0.05) is 57.6 Å². The molecule has 3 aromatic carbocycles. The smallest absolute Gasteiger partial charge is 0.338 e. The molecule has 0 saturated carbocycles. The minimum atomic E-state index is -1.000. The van der Waals surface area contributed by atoms with Crippen molar-refractivity contribution in [2.75, 3.05) is 20.3 Å². The van der Waals surface area contributed by atoms with E-state index in [-0.39, 0.29) is 29.9 Å². The number of fused-ring (bicyclic) bond motifs is 1. The number of methoxy groups -OCH3 is 1. The number of ether oxygens (including phenoxy) is 4. The summed E-state index contributed by atoms with van der Waals surface area (Å²) in [6.07, 6.45) is 1.74. The Morgan fingerprint density at radius 3 is 2.43 bits per heavy atom. The molecule has 0 spiro atoms. The van der Waals surface area contributed by atoms with Crippen molar-refractivity contribution in [2.45, 2.75) is 33.4 Å². The minimum Gasteiger partial charge on any atom is -0.493 e. The van der Waals surface area contributed by atoms with Crippen molar-refractivity contribution in [3.05, 3.63) is 118 Å². The van der Waals surface area contributed by atoms with Gasteiger partial charge in [0, 0.05) is 10.0 Å². The number of allylic oxidation sites excluding steroid dienone is 1. The van der Waals surface area contributed by atoms with E-state index >= 15 is 0 Å². The lowest BCUT2D eigenvalue weighted by Crippen LogP contribution is -2.40. The van der Waals surface area contributed by atoms with Crippen LogP contribution >= 0.6 is 27.3 Å². The summed E-state index contributed by atoms with van der Waals surface area (Å²) in [6, 6.07) is 16.4. The summed E-state index contributed by atoms with van der Waals surface area (Å²) in [5.41, 5.74) is 2.58. The van der Waals surface area contributed by atoms with E-state index in [1.54, 1.807) is 50.3 Å². The van der Waals surface area contributed by atoms with E-state index < -0.39 is 18.0 Å². The Balaban J connectivity index is 1.61. The van der Waals surface area contributed by atoms with Crippen LogP contribution in [0.2, 0.25) is 0 Å². The second-order valence-electron chi connectivity index (χ2n) is 10.1. The molecule has 1 atom stereocenters. The largest absolute Gasteiger partial charge is 0.493 e. The second-order valence-corrected chi connectivity index (χ2v) is 12.0. The molecular formula is C34H31BrN2O8S. The molecule has 4 aromatic rings. The number of aromatic nitrogens is 1. The maximum Gasteiger partial charge on any atom is 0.338 e. The quantitative estimate of drug-likeness (QED) is 0.210. The van der Waals surface area contributed by atoms with Crippen molar-refractivity contribution in [2.24, 2.45) is 4.99 Å². The molecule has 5 rings (SSSR count). The highest BCUT2D eigenvalue weighted by Crippen LogP contribution is 2.41.